The average molecular weight is 543 g/mol. The van der Waals surface area contributed by atoms with E-state index in [0.717, 1.165) is 11.1 Å². The fourth-order valence-electron chi connectivity index (χ4n) is 4.44. The molecule has 0 radical (unpaired) electrons. The highest BCUT2D eigenvalue weighted by Crippen LogP contribution is 2.30. The van der Waals surface area contributed by atoms with E-state index in [2.05, 4.69) is 4.99 Å². The number of hydrogen-bond acceptors (Lipinski definition) is 8. The van der Waals surface area contributed by atoms with Gasteiger partial charge in [0.05, 0.1) is 40.6 Å². The SMILES string of the molecule is CCOC(=O)C1=C(C)N=c2s/c(=C/c3ccc(-c4ccc(C(=O)OCC)cc4)o3)c(=O)n2[C@@H]1c1ccccc1. The zero-order valence-electron chi connectivity index (χ0n) is 21.7. The van der Waals surface area contributed by atoms with E-state index in [1.54, 1.807) is 67.8 Å². The van der Waals surface area contributed by atoms with Crippen LogP contribution in [0.1, 0.15) is 48.5 Å². The van der Waals surface area contributed by atoms with E-state index in [-0.39, 0.29) is 18.1 Å². The van der Waals surface area contributed by atoms with Gasteiger partial charge in [-0.15, -0.1) is 0 Å². The van der Waals surface area contributed by atoms with E-state index in [1.165, 1.54) is 11.3 Å². The fraction of sp³-hybridized carbons (Fsp3) is 0.200. The minimum atomic E-state index is -0.659. The number of aromatic nitrogens is 1. The third-order valence-electron chi connectivity index (χ3n) is 6.21. The van der Waals surface area contributed by atoms with E-state index < -0.39 is 12.0 Å². The zero-order chi connectivity index (χ0) is 27.5. The van der Waals surface area contributed by atoms with Gasteiger partial charge in [0.2, 0.25) is 0 Å². The Morgan fingerprint density at radius 1 is 0.974 bits per heavy atom. The van der Waals surface area contributed by atoms with Gasteiger partial charge in [-0.3, -0.25) is 9.36 Å². The molecule has 0 saturated heterocycles. The summed E-state index contributed by atoms with van der Waals surface area (Å²) in [6, 6.07) is 19.2. The van der Waals surface area contributed by atoms with Crippen molar-refractivity contribution in [1.29, 1.82) is 0 Å². The molecule has 8 nitrogen and oxygen atoms in total. The van der Waals surface area contributed by atoms with Crippen molar-refractivity contribution >= 4 is 29.4 Å². The first kappa shape index (κ1) is 26.1. The Kier molecular flexibility index (Phi) is 7.42. The number of fused-ring (bicyclic) bond motifs is 1. The topological polar surface area (TPSA) is 100 Å². The summed E-state index contributed by atoms with van der Waals surface area (Å²) in [7, 11) is 0. The van der Waals surface area contributed by atoms with Crippen LogP contribution in [0.3, 0.4) is 0 Å². The minimum absolute atomic E-state index is 0.216. The molecule has 2 aromatic carbocycles. The molecule has 5 rings (SSSR count). The Hall–Kier alpha value is -4.50. The van der Waals surface area contributed by atoms with Crippen LogP contribution in [0.2, 0.25) is 0 Å². The number of carbonyl (C=O) groups is 2. The summed E-state index contributed by atoms with van der Waals surface area (Å²) in [5.41, 5.74) is 2.60. The maximum Gasteiger partial charge on any atom is 0.338 e. The van der Waals surface area contributed by atoms with Crippen LogP contribution in [0.5, 0.6) is 0 Å². The molecule has 9 heteroatoms. The molecular formula is C30H26N2O6S. The summed E-state index contributed by atoms with van der Waals surface area (Å²) in [6.07, 6.45) is 1.67. The van der Waals surface area contributed by atoms with Gasteiger partial charge in [-0.05, 0) is 50.6 Å². The number of furan rings is 1. The van der Waals surface area contributed by atoms with Crippen molar-refractivity contribution in [2.45, 2.75) is 26.8 Å². The van der Waals surface area contributed by atoms with Gasteiger partial charge in [0.15, 0.2) is 4.80 Å². The molecule has 0 amide bonds. The number of hydrogen-bond donors (Lipinski definition) is 0. The summed E-state index contributed by atoms with van der Waals surface area (Å²) in [4.78, 5) is 43.6. The van der Waals surface area contributed by atoms with Crippen LogP contribution in [0.4, 0.5) is 0 Å². The summed E-state index contributed by atoms with van der Waals surface area (Å²) >= 11 is 1.23. The van der Waals surface area contributed by atoms with Gasteiger partial charge < -0.3 is 13.9 Å². The molecular weight excluding hydrogens is 516 g/mol. The van der Waals surface area contributed by atoms with Gasteiger partial charge in [-0.2, -0.15) is 0 Å². The Balaban J connectivity index is 1.53. The molecule has 0 fully saturated rings. The van der Waals surface area contributed by atoms with Crippen molar-refractivity contribution in [3.05, 3.63) is 115 Å². The number of ether oxygens (including phenoxy) is 2. The van der Waals surface area contributed by atoms with E-state index in [1.807, 2.05) is 30.3 Å². The first-order chi connectivity index (χ1) is 18.9. The Morgan fingerprint density at radius 3 is 2.36 bits per heavy atom. The monoisotopic (exact) mass is 542 g/mol. The van der Waals surface area contributed by atoms with Crippen molar-refractivity contribution in [2.75, 3.05) is 13.2 Å². The van der Waals surface area contributed by atoms with Gasteiger partial charge in [-0.1, -0.05) is 53.8 Å². The van der Waals surface area contributed by atoms with Gasteiger partial charge in [0, 0.05) is 11.6 Å². The standard InChI is InChI=1S/C30H26N2O6S/c1-4-36-28(34)21-13-11-19(12-14-21)23-16-15-22(38-23)17-24-27(33)32-26(20-9-7-6-8-10-20)25(29(35)37-5-2)18(3)31-30(32)39-24/h6-17,26H,4-5H2,1-3H3/b24-17+/t26-/m1/s1. The van der Waals surface area contributed by atoms with Crippen LogP contribution < -0.4 is 14.9 Å². The number of nitrogens with zero attached hydrogens (tertiary/aromatic N) is 2. The highest BCUT2D eigenvalue weighted by molar-refractivity contribution is 7.07. The number of rotatable bonds is 7. The normalized spacial score (nSPS) is 15.1. The molecule has 4 aromatic rings. The van der Waals surface area contributed by atoms with E-state index in [9.17, 15) is 14.4 Å². The quantitative estimate of drug-likeness (QED) is 0.324. The van der Waals surface area contributed by atoms with Crippen LogP contribution in [0.15, 0.2) is 92.2 Å². The highest BCUT2D eigenvalue weighted by Gasteiger charge is 2.33. The van der Waals surface area contributed by atoms with Crippen molar-refractivity contribution in [1.82, 2.24) is 4.57 Å². The van der Waals surface area contributed by atoms with Crippen molar-refractivity contribution in [3.8, 4) is 11.3 Å². The molecule has 3 heterocycles. The second kappa shape index (κ2) is 11.1. The summed E-state index contributed by atoms with van der Waals surface area (Å²) < 4.78 is 18.3. The summed E-state index contributed by atoms with van der Waals surface area (Å²) in [5, 5.41) is 0. The number of allylic oxidation sites excluding steroid dienone is 1. The molecule has 1 aliphatic heterocycles. The van der Waals surface area contributed by atoms with Crippen molar-refractivity contribution in [2.24, 2.45) is 4.99 Å². The van der Waals surface area contributed by atoms with Crippen LogP contribution in [0, 0.1) is 0 Å². The Morgan fingerprint density at radius 2 is 1.67 bits per heavy atom. The van der Waals surface area contributed by atoms with E-state index >= 15 is 0 Å². The smallest absolute Gasteiger partial charge is 0.338 e. The van der Waals surface area contributed by atoms with Gasteiger partial charge in [0.25, 0.3) is 5.56 Å². The Labute approximate surface area is 228 Å². The maximum absolute atomic E-state index is 13.7. The fourth-order valence-corrected chi connectivity index (χ4v) is 5.47. The molecule has 2 aromatic heterocycles. The largest absolute Gasteiger partial charge is 0.463 e. The molecule has 0 bridgehead atoms. The van der Waals surface area contributed by atoms with Gasteiger partial charge >= 0.3 is 11.9 Å². The van der Waals surface area contributed by atoms with Crippen molar-refractivity contribution < 1.29 is 23.5 Å². The lowest BCUT2D eigenvalue weighted by molar-refractivity contribution is -0.139. The van der Waals surface area contributed by atoms with Crippen molar-refractivity contribution in [3.63, 3.8) is 0 Å². The predicted molar refractivity (Wildman–Crippen MR) is 147 cm³/mol. The first-order valence-electron chi connectivity index (χ1n) is 12.5. The molecule has 1 aliphatic rings. The van der Waals surface area contributed by atoms with E-state index in [4.69, 9.17) is 13.9 Å². The minimum Gasteiger partial charge on any atom is -0.463 e. The predicted octanol–water partition coefficient (Wildman–Crippen LogP) is 4.24. The lowest BCUT2D eigenvalue weighted by Gasteiger charge is -2.24. The molecule has 198 valence electrons. The van der Waals surface area contributed by atoms with Gasteiger partial charge in [0.1, 0.15) is 11.5 Å². The molecule has 0 N–H and O–H groups in total. The summed E-state index contributed by atoms with van der Waals surface area (Å²) in [5.74, 6) is 0.204. The number of benzene rings is 2. The zero-order valence-corrected chi connectivity index (χ0v) is 22.5. The maximum atomic E-state index is 13.7. The molecule has 39 heavy (non-hydrogen) atoms. The lowest BCUT2D eigenvalue weighted by atomic mass is 9.96. The third-order valence-corrected chi connectivity index (χ3v) is 7.20. The first-order valence-corrected chi connectivity index (χ1v) is 13.3. The van der Waals surface area contributed by atoms with Crippen LogP contribution >= 0.6 is 11.3 Å². The molecule has 0 saturated carbocycles. The van der Waals surface area contributed by atoms with Crippen LogP contribution in [-0.2, 0) is 14.3 Å². The number of carbonyl (C=O) groups excluding carboxylic acids is 2. The average Bonchev–Trinajstić information content (AvgIpc) is 3.53. The Bertz CT molecular complexity index is 1740. The molecule has 0 spiro atoms. The second-order valence-electron chi connectivity index (χ2n) is 8.71. The van der Waals surface area contributed by atoms with Crippen LogP contribution in [-0.4, -0.2) is 29.7 Å². The second-order valence-corrected chi connectivity index (χ2v) is 9.72. The van der Waals surface area contributed by atoms with E-state index in [0.29, 0.717) is 44.3 Å². The number of esters is 2. The summed E-state index contributed by atoms with van der Waals surface area (Å²) in [6.45, 7) is 5.78. The molecule has 0 aliphatic carbocycles. The lowest BCUT2D eigenvalue weighted by Crippen LogP contribution is -2.39. The molecule has 1 atom stereocenters. The number of thiazole rings is 1. The van der Waals surface area contributed by atoms with Crippen LogP contribution in [0.25, 0.3) is 17.4 Å². The van der Waals surface area contributed by atoms with Gasteiger partial charge in [-0.25, -0.2) is 14.6 Å². The third kappa shape index (κ3) is 5.13. The highest BCUT2D eigenvalue weighted by atomic mass is 32.1. The molecule has 0 unspecified atom stereocenters.